The Balaban J connectivity index is 1.24. The van der Waals surface area contributed by atoms with Gasteiger partial charge >= 0.3 is 6.36 Å². The number of carbonyl (C=O) groups is 1. The second-order valence-electron chi connectivity index (χ2n) is 8.35. The zero-order valence-electron chi connectivity index (χ0n) is 19.3. The van der Waals surface area contributed by atoms with Gasteiger partial charge in [-0.05, 0) is 55.0 Å². The Labute approximate surface area is 213 Å². The van der Waals surface area contributed by atoms with Crippen LogP contribution in [0.25, 0.3) is 22.2 Å². The Morgan fingerprint density at radius 1 is 1.11 bits per heavy atom. The maximum Gasteiger partial charge on any atom is 0.573 e. The van der Waals surface area contributed by atoms with Gasteiger partial charge < -0.3 is 14.5 Å². The van der Waals surface area contributed by atoms with Crippen LogP contribution in [-0.4, -0.2) is 47.5 Å². The SMILES string of the molecule is O=C(NCc1cc(-c2ccc(OC(F)(F)F)cc2)ncn1)C1CCN1S(=O)(=O)c1cc2cc(F)ccc2o1. The Kier molecular flexibility index (Phi) is 6.53. The molecule has 1 saturated heterocycles. The average molecular weight is 550 g/mol. The molecule has 4 aromatic rings. The molecule has 5 rings (SSSR count). The van der Waals surface area contributed by atoms with Crippen LogP contribution in [0.3, 0.4) is 0 Å². The molecule has 1 atom stereocenters. The molecule has 1 unspecified atom stereocenters. The average Bonchev–Trinajstić information content (AvgIpc) is 3.26. The number of furan rings is 1. The lowest BCUT2D eigenvalue weighted by Crippen LogP contribution is -2.57. The summed E-state index contributed by atoms with van der Waals surface area (Å²) in [4.78, 5) is 20.9. The van der Waals surface area contributed by atoms with Gasteiger partial charge in [0, 0.05) is 23.6 Å². The van der Waals surface area contributed by atoms with E-state index >= 15 is 0 Å². The molecule has 0 spiro atoms. The highest BCUT2D eigenvalue weighted by Crippen LogP contribution is 2.31. The number of sulfonamides is 1. The first kappa shape index (κ1) is 25.6. The van der Waals surface area contributed by atoms with Gasteiger partial charge in [-0.2, -0.15) is 4.31 Å². The number of amides is 1. The molecule has 1 amide bonds. The van der Waals surface area contributed by atoms with Crippen LogP contribution in [0, 0.1) is 5.82 Å². The fourth-order valence-electron chi connectivity index (χ4n) is 3.92. The van der Waals surface area contributed by atoms with Crippen LogP contribution in [-0.2, 0) is 21.4 Å². The highest BCUT2D eigenvalue weighted by Gasteiger charge is 2.44. The van der Waals surface area contributed by atoms with Gasteiger partial charge in [-0.3, -0.25) is 4.79 Å². The molecule has 1 aliphatic heterocycles. The van der Waals surface area contributed by atoms with Gasteiger partial charge in [0.05, 0.1) is 17.9 Å². The minimum atomic E-state index is -4.80. The lowest BCUT2D eigenvalue weighted by molar-refractivity contribution is -0.274. The molecular formula is C24H18F4N4O5S. The number of rotatable bonds is 7. The number of ether oxygens (including phenoxy) is 1. The third-order valence-corrected chi connectivity index (χ3v) is 7.61. The number of hydrogen-bond donors (Lipinski definition) is 1. The number of halogens is 4. The van der Waals surface area contributed by atoms with Crippen molar-refractivity contribution in [3.8, 4) is 17.0 Å². The molecule has 1 aliphatic rings. The van der Waals surface area contributed by atoms with Crippen LogP contribution >= 0.6 is 0 Å². The fourth-order valence-corrected chi connectivity index (χ4v) is 5.50. The van der Waals surface area contributed by atoms with Gasteiger partial charge in [-0.25, -0.2) is 22.8 Å². The van der Waals surface area contributed by atoms with Crippen molar-refractivity contribution in [3.63, 3.8) is 0 Å². The molecule has 1 fully saturated rings. The fraction of sp³-hybridized carbons (Fsp3) is 0.208. The van der Waals surface area contributed by atoms with Crippen molar-refractivity contribution in [2.24, 2.45) is 0 Å². The largest absolute Gasteiger partial charge is 0.573 e. The van der Waals surface area contributed by atoms with Crippen LogP contribution in [0.4, 0.5) is 17.6 Å². The maximum absolute atomic E-state index is 13.5. The smallest absolute Gasteiger partial charge is 0.443 e. The van der Waals surface area contributed by atoms with Gasteiger partial charge in [0.25, 0.3) is 10.0 Å². The molecule has 0 bridgehead atoms. The minimum Gasteiger partial charge on any atom is -0.443 e. The van der Waals surface area contributed by atoms with E-state index in [1.165, 1.54) is 30.6 Å². The predicted molar refractivity (Wildman–Crippen MR) is 124 cm³/mol. The van der Waals surface area contributed by atoms with Crippen LogP contribution in [0.1, 0.15) is 12.1 Å². The number of hydrogen-bond acceptors (Lipinski definition) is 7. The Hall–Kier alpha value is -4.04. The minimum absolute atomic E-state index is 0.0437. The summed E-state index contributed by atoms with van der Waals surface area (Å²) in [7, 11) is -4.13. The van der Waals surface area contributed by atoms with E-state index in [4.69, 9.17) is 4.42 Å². The summed E-state index contributed by atoms with van der Waals surface area (Å²) in [5.41, 5.74) is 1.49. The Morgan fingerprint density at radius 2 is 1.87 bits per heavy atom. The zero-order valence-corrected chi connectivity index (χ0v) is 20.1. The van der Waals surface area contributed by atoms with E-state index in [1.807, 2.05) is 0 Å². The molecule has 2 aromatic carbocycles. The molecule has 198 valence electrons. The van der Waals surface area contributed by atoms with Crippen molar-refractivity contribution in [2.75, 3.05) is 6.54 Å². The van der Waals surface area contributed by atoms with Crippen molar-refractivity contribution in [1.82, 2.24) is 19.6 Å². The molecule has 38 heavy (non-hydrogen) atoms. The summed E-state index contributed by atoms with van der Waals surface area (Å²) in [6.45, 7) is 0.0649. The van der Waals surface area contributed by atoms with Gasteiger partial charge in [0.2, 0.25) is 11.0 Å². The van der Waals surface area contributed by atoms with E-state index in [2.05, 4.69) is 20.0 Å². The quantitative estimate of drug-likeness (QED) is 0.346. The van der Waals surface area contributed by atoms with Crippen molar-refractivity contribution in [1.29, 1.82) is 0 Å². The monoisotopic (exact) mass is 550 g/mol. The van der Waals surface area contributed by atoms with Crippen LogP contribution < -0.4 is 10.1 Å². The van der Waals surface area contributed by atoms with Crippen molar-refractivity contribution >= 4 is 26.9 Å². The number of nitrogens with one attached hydrogen (secondary N) is 1. The summed E-state index contributed by atoms with van der Waals surface area (Å²) in [6, 6.07) is 10.5. The first-order valence-corrected chi connectivity index (χ1v) is 12.6. The first-order chi connectivity index (χ1) is 18.0. The summed E-state index contributed by atoms with van der Waals surface area (Å²) in [5, 5.41) is 2.54. The molecule has 9 nitrogen and oxygen atoms in total. The third kappa shape index (κ3) is 5.31. The van der Waals surface area contributed by atoms with E-state index in [9.17, 15) is 30.8 Å². The standard InChI is InChI=1S/C24H18F4N4O5S/c25-16-3-6-21-15(9-16)10-22(36-21)38(34,35)32-8-7-20(32)23(33)29-12-17-11-19(31-13-30-17)14-1-4-18(5-2-14)37-24(26,27)28/h1-6,9-11,13,20H,7-8,12H2,(H,29,33). The molecule has 0 aliphatic carbocycles. The number of nitrogens with zero attached hydrogens (tertiary/aromatic N) is 3. The highest BCUT2D eigenvalue weighted by atomic mass is 32.2. The van der Waals surface area contributed by atoms with Crippen LogP contribution in [0.15, 0.2) is 70.4 Å². The van der Waals surface area contributed by atoms with E-state index in [1.54, 1.807) is 6.07 Å². The van der Waals surface area contributed by atoms with Crippen molar-refractivity contribution in [2.45, 2.75) is 30.5 Å². The van der Waals surface area contributed by atoms with E-state index in [0.717, 1.165) is 28.6 Å². The van der Waals surface area contributed by atoms with Crippen LogP contribution in [0.5, 0.6) is 5.75 Å². The van der Waals surface area contributed by atoms with Crippen molar-refractivity contribution in [3.05, 3.63) is 72.4 Å². The second-order valence-corrected chi connectivity index (χ2v) is 10.2. The van der Waals surface area contributed by atoms with E-state index in [-0.39, 0.29) is 34.9 Å². The molecule has 2 aromatic heterocycles. The van der Waals surface area contributed by atoms with Gasteiger partial charge in [0.1, 0.15) is 29.5 Å². The number of fused-ring (bicyclic) bond motifs is 1. The lowest BCUT2D eigenvalue weighted by Gasteiger charge is -2.37. The summed E-state index contributed by atoms with van der Waals surface area (Å²) < 4.78 is 86.8. The number of alkyl halides is 3. The number of benzene rings is 2. The molecule has 0 radical (unpaired) electrons. The van der Waals surface area contributed by atoms with Gasteiger partial charge in [-0.1, -0.05) is 0 Å². The second kappa shape index (κ2) is 9.68. The Bertz CT molecular complexity index is 1610. The van der Waals surface area contributed by atoms with Crippen LogP contribution in [0.2, 0.25) is 0 Å². The molecule has 14 heteroatoms. The van der Waals surface area contributed by atoms with Gasteiger partial charge in [0.15, 0.2) is 0 Å². The lowest BCUT2D eigenvalue weighted by atomic mass is 10.1. The summed E-state index contributed by atoms with van der Waals surface area (Å²) in [5.74, 6) is -1.46. The predicted octanol–water partition coefficient (Wildman–Crippen LogP) is 4.01. The molecular weight excluding hydrogens is 532 g/mol. The van der Waals surface area contributed by atoms with Crippen molar-refractivity contribution < 1.29 is 39.9 Å². The highest BCUT2D eigenvalue weighted by molar-refractivity contribution is 7.89. The zero-order chi connectivity index (χ0) is 27.1. The summed E-state index contributed by atoms with van der Waals surface area (Å²) >= 11 is 0. The van der Waals surface area contributed by atoms with E-state index < -0.39 is 34.2 Å². The number of carbonyl (C=O) groups excluding carboxylic acids is 1. The normalized spacial score (nSPS) is 16.3. The third-order valence-electron chi connectivity index (χ3n) is 5.84. The molecule has 3 heterocycles. The Morgan fingerprint density at radius 3 is 2.55 bits per heavy atom. The molecule has 0 saturated carbocycles. The topological polar surface area (TPSA) is 115 Å². The first-order valence-electron chi connectivity index (χ1n) is 11.2. The van der Waals surface area contributed by atoms with Gasteiger partial charge in [-0.15, -0.1) is 13.2 Å². The number of aromatic nitrogens is 2. The maximum atomic E-state index is 13.5. The summed E-state index contributed by atoms with van der Waals surface area (Å²) in [6.07, 6.45) is -3.27. The van der Waals surface area contributed by atoms with E-state index in [0.29, 0.717) is 23.4 Å². The molecule has 1 N–H and O–H groups in total.